The zero-order valence-corrected chi connectivity index (χ0v) is 11.7. The van der Waals surface area contributed by atoms with Crippen molar-refractivity contribution in [2.75, 3.05) is 11.5 Å². The SMILES string of the molecule is CC1(C)CS(=O)CC(c2ccccc2OC(F)F)N1. The first-order valence-corrected chi connectivity index (χ1v) is 7.52. The monoisotopic (exact) mass is 289 g/mol. The van der Waals surface area contributed by atoms with Gasteiger partial charge in [-0.2, -0.15) is 8.78 Å². The van der Waals surface area contributed by atoms with E-state index in [0.29, 0.717) is 17.1 Å². The fraction of sp³-hybridized carbons (Fsp3) is 0.538. The molecule has 1 fully saturated rings. The Balaban J connectivity index is 2.28. The lowest BCUT2D eigenvalue weighted by Crippen LogP contribution is -2.52. The third-order valence-corrected chi connectivity index (χ3v) is 4.70. The first-order valence-electron chi connectivity index (χ1n) is 6.04. The van der Waals surface area contributed by atoms with Crippen molar-refractivity contribution in [3.63, 3.8) is 0 Å². The molecule has 0 amide bonds. The molecule has 1 aliphatic heterocycles. The number of hydrogen-bond acceptors (Lipinski definition) is 3. The fourth-order valence-electron chi connectivity index (χ4n) is 2.34. The van der Waals surface area contributed by atoms with Crippen LogP contribution in [0.4, 0.5) is 8.78 Å². The minimum Gasteiger partial charge on any atom is -0.434 e. The number of para-hydroxylation sites is 1. The summed E-state index contributed by atoms with van der Waals surface area (Å²) < 4.78 is 41.2. The van der Waals surface area contributed by atoms with Gasteiger partial charge >= 0.3 is 6.61 Å². The van der Waals surface area contributed by atoms with Crippen molar-refractivity contribution in [1.29, 1.82) is 0 Å². The van der Waals surface area contributed by atoms with Crippen molar-refractivity contribution in [3.05, 3.63) is 29.8 Å². The van der Waals surface area contributed by atoms with E-state index in [-0.39, 0.29) is 17.3 Å². The lowest BCUT2D eigenvalue weighted by atomic mass is 10.0. The molecule has 0 spiro atoms. The third-order valence-electron chi connectivity index (χ3n) is 2.95. The summed E-state index contributed by atoms with van der Waals surface area (Å²) in [6.07, 6.45) is 0. The molecule has 3 nitrogen and oxygen atoms in total. The Kier molecular flexibility index (Phi) is 4.20. The predicted octanol–water partition coefficient (Wildman–Crippen LogP) is 2.46. The van der Waals surface area contributed by atoms with E-state index in [0.717, 1.165) is 0 Å². The maximum Gasteiger partial charge on any atom is 0.387 e. The summed E-state index contributed by atoms with van der Waals surface area (Å²) in [7, 11) is -0.967. The second-order valence-electron chi connectivity index (χ2n) is 5.25. The quantitative estimate of drug-likeness (QED) is 0.929. The minimum atomic E-state index is -2.86. The summed E-state index contributed by atoms with van der Waals surface area (Å²) in [6.45, 7) is 1.05. The van der Waals surface area contributed by atoms with Crippen LogP contribution < -0.4 is 10.1 Å². The van der Waals surface area contributed by atoms with E-state index in [4.69, 9.17) is 0 Å². The Bertz CT molecular complexity index is 479. The number of rotatable bonds is 3. The summed E-state index contributed by atoms with van der Waals surface area (Å²) in [5.74, 6) is 1.11. The first kappa shape index (κ1) is 14.4. The molecule has 0 aliphatic carbocycles. The number of alkyl halides is 2. The Morgan fingerprint density at radius 2 is 2.11 bits per heavy atom. The molecule has 1 saturated heterocycles. The summed E-state index contributed by atoms with van der Waals surface area (Å²) in [6, 6.07) is 6.41. The summed E-state index contributed by atoms with van der Waals surface area (Å²) >= 11 is 0. The lowest BCUT2D eigenvalue weighted by molar-refractivity contribution is -0.0507. The van der Waals surface area contributed by atoms with Crippen molar-refractivity contribution in [1.82, 2.24) is 5.32 Å². The molecule has 0 saturated carbocycles. The summed E-state index contributed by atoms with van der Waals surface area (Å²) in [5.41, 5.74) is 0.343. The smallest absolute Gasteiger partial charge is 0.387 e. The van der Waals surface area contributed by atoms with Crippen molar-refractivity contribution < 1.29 is 17.7 Å². The zero-order chi connectivity index (χ0) is 14.0. The van der Waals surface area contributed by atoms with Crippen LogP contribution in [0, 0.1) is 0 Å². The molecule has 2 unspecified atom stereocenters. The number of nitrogens with one attached hydrogen (secondary N) is 1. The molecule has 0 bridgehead atoms. The molecule has 106 valence electrons. The molecule has 1 N–H and O–H groups in total. The molecular weight excluding hydrogens is 272 g/mol. The lowest BCUT2D eigenvalue weighted by Gasteiger charge is -2.37. The number of ether oxygens (including phenoxy) is 1. The van der Waals surface area contributed by atoms with E-state index in [1.165, 1.54) is 6.07 Å². The normalized spacial score (nSPS) is 26.4. The first-order chi connectivity index (χ1) is 8.87. The fourth-order valence-corrected chi connectivity index (χ4v) is 3.98. The van der Waals surface area contributed by atoms with E-state index in [1.807, 2.05) is 13.8 Å². The molecule has 0 aromatic heterocycles. The van der Waals surface area contributed by atoms with Gasteiger partial charge in [-0.25, -0.2) is 0 Å². The minimum absolute atomic E-state index is 0.143. The average Bonchev–Trinajstić information content (AvgIpc) is 2.26. The summed E-state index contributed by atoms with van der Waals surface area (Å²) in [5, 5.41) is 3.34. The van der Waals surface area contributed by atoms with E-state index < -0.39 is 17.4 Å². The van der Waals surface area contributed by atoms with Crippen molar-refractivity contribution in [2.24, 2.45) is 0 Å². The van der Waals surface area contributed by atoms with Gasteiger partial charge in [0.1, 0.15) is 5.75 Å². The van der Waals surface area contributed by atoms with Crippen LogP contribution in [-0.4, -0.2) is 27.9 Å². The van der Waals surface area contributed by atoms with Gasteiger partial charge in [0.05, 0.1) is 0 Å². The highest BCUT2D eigenvalue weighted by molar-refractivity contribution is 7.85. The maximum atomic E-state index is 12.4. The molecule has 1 aromatic rings. The largest absolute Gasteiger partial charge is 0.434 e. The Labute approximate surface area is 113 Å². The number of halogens is 2. The highest BCUT2D eigenvalue weighted by Crippen LogP contribution is 2.31. The average molecular weight is 289 g/mol. The van der Waals surface area contributed by atoms with E-state index in [1.54, 1.807) is 18.2 Å². The van der Waals surface area contributed by atoms with Gasteiger partial charge in [-0.3, -0.25) is 4.21 Å². The molecule has 1 heterocycles. The van der Waals surface area contributed by atoms with Gasteiger partial charge in [-0.15, -0.1) is 0 Å². The van der Waals surface area contributed by atoms with Crippen LogP contribution in [0.2, 0.25) is 0 Å². The van der Waals surface area contributed by atoms with Crippen LogP contribution >= 0.6 is 0 Å². The molecule has 0 radical (unpaired) electrons. The van der Waals surface area contributed by atoms with Crippen LogP contribution in [0.15, 0.2) is 24.3 Å². The second-order valence-corrected chi connectivity index (χ2v) is 6.75. The van der Waals surface area contributed by atoms with Crippen molar-refractivity contribution in [2.45, 2.75) is 32.0 Å². The third kappa shape index (κ3) is 3.73. The number of hydrogen-bond donors (Lipinski definition) is 1. The highest BCUT2D eigenvalue weighted by Gasteiger charge is 2.33. The van der Waals surface area contributed by atoms with Gasteiger partial charge in [0.2, 0.25) is 0 Å². The summed E-state index contributed by atoms with van der Waals surface area (Å²) in [4.78, 5) is 0. The van der Waals surface area contributed by atoms with Crippen LogP contribution in [0.1, 0.15) is 25.5 Å². The van der Waals surface area contributed by atoms with E-state index in [9.17, 15) is 13.0 Å². The standard InChI is InChI=1S/C13H17F2NO2S/c1-13(2)8-19(17)7-10(16-13)9-5-3-4-6-11(9)18-12(14)15/h3-6,10,12,16H,7-8H2,1-2H3. The Hall–Kier alpha value is -1.01. The van der Waals surface area contributed by atoms with Crippen molar-refractivity contribution in [3.8, 4) is 5.75 Å². The van der Waals surface area contributed by atoms with Crippen LogP contribution in [0.25, 0.3) is 0 Å². The Morgan fingerprint density at radius 1 is 1.42 bits per heavy atom. The van der Waals surface area contributed by atoms with Gasteiger partial charge in [0.25, 0.3) is 0 Å². The van der Waals surface area contributed by atoms with Gasteiger partial charge in [0.15, 0.2) is 0 Å². The van der Waals surface area contributed by atoms with Gasteiger partial charge < -0.3 is 10.1 Å². The maximum absolute atomic E-state index is 12.4. The second kappa shape index (κ2) is 5.54. The zero-order valence-electron chi connectivity index (χ0n) is 10.9. The molecular formula is C13H17F2NO2S. The Morgan fingerprint density at radius 3 is 2.74 bits per heavy atom. The van der Waals surface area contributed by atoms with Gasteiger partial charge in [-0.1, -0.05) is 18.2 Å². The van der Waals surface area contributed by atoms with Gasteiger partial charge in [-0.05, 0) is 19.9 Å². The van der Waals surface area contributed by atoms with E-state index >= 15 is 0 Å². The topological polar surface area (TPSA) is 38.3 Å². The molecule has 1 aliphatic rings. The molecule has 1 aromatic carbocycles. The molecule has 19 heavy (non-hydrogen) atoms. The molecule has 2 atom stereocenters. The van der Waals surface area contributed by atoms with Gasteiger partial charge in [0, 0.05) is 39.4 Å². The molecule has 2 rings (SSSR count). The van der Waals surface area contributed by atoms with Crippen LogP contribution in [0.5, 0.6) is 5.75 Å². The highest BCUT2D eigenvalue weighted by atomic mass is 32.2. The molecule has 6 heteroatoms. The van der Waals surface area contributed by atoms with Crippen LogP contribution in [-0.2, 0) is 10.8 Å². The van der Waals surface area contributed by atoms with Crippen LogP contribution in [0.3, 0.4) is 0 Å². The predicted molar refractivity (Wildman–Crippen MR) is 70.9 cm³/mol. The van der Waals surface area contributed by atoms with E-state index in [2.05, 4.69) is 10.1 Å². The van der Waals surface area contributed by atoms with Crippen molar-refractivity contribution >= 4 is 10.8 Å². The number of benzene rings is 1.